The van der Waals surface area contributed by atoms with Crippen LogP contribution in [0, 0.1) is 11.6 Å². The third-order valence-corrected chi connectivity index (χ3v) is 5.72. The highest BCUT2D eigenvalue weighted by atomic mass is 32.2. The Morgan fingerprint density at radius 2 is 0.857 bits per heavy atom. The van der Waals surface area contributed by atoms with E-state index < -0.39 is 31.9 Å². The molecule has 0 bridgehead atoms. The number of hydrogen-bond donors (Lipinski definition) is 2. The van der Waals surface area contributed by atoms with Gasteiger partial charge in [-0.05, 0) is 47.5 Å². The van der Waals surface area contributed by atoms with Crippen LogP contribution in [0.2, 0.25) is 0 Å². The minimum atomic E-state index is -4.41. The van der Waals surface area contributed by atoms with E-state index in [0.717, 1.165) is 36.4 Å². The highest BCUT2D eigenvalue weighted by Gasteiger charge is 2.16. The minimum absolute atomic E-state index is 0.127. The molecule has 0 aromatic heterocycles. The Morgan fingerprint density at radius 3 is 1.11 bits per heavy atom. The molecular weight excluding hydrogens is 414 g/mol. The second kappa shape index (κ2) is 7.06. The average Bonchev–Trinajstić information content (AvgIpc) is 2.62. The molecule has 0 saturated heterocycles. The Labute approximate surface area is 159 Å². The van der Waals surface area contributed by atoms with E-state index in [9.17, 15) is 25.6 Å². The van der Waals surface area contributed by atoms with Gasteiger partial charge in [-0.1, -0.05) is 24.3 Å². The quantitative estimate of drug-likeness (QED) is 0.615. The summed E-state index contributed by atoms with van der Waals surface area (Å²) in [6.07, 6.45) is 0. The van der Waals surface area contributed by atoms with Gasteiger partial charge in [-0.3, -0.25) is 9.11 Å². The summed E-state index contributed by atoms with van der Waals surface area (Å²) >= 11 is 0. The van der Waals surface area contributed by atoms with Gasteiger partial charge in [0, 0.05) is 11.1 Å². The van der Waals surface area contributed by atoms with Gasteiger partial charge in [-0.25, -0.2) is 8.78 Å². The second-order valence-electron chi connectivity index (χ2n) is 5.81. The molecule has 0 atom stereocenters. The van der Waals surface area contributed by atoms with E-state index in [1.165, 1.54) is 24.3 Å². The Morgan fingerprint density at radius 1 is 0.571 bits per heavy atom. The first kappa shape index (κ1) is 20.1. The average molecular weight is 426 g/mol. The molecule has 3 aromatic rings. The molecule has 0 aliphatic heterocycles. The van der Waals surface area contributed by atoms with Crippen molar-refractivity contribution in [2.75, 3.05) is 0 Å². The van der Waals surface area contributed by atoms with Gasteiger partial charge in [0.15, 0.2) is 0 Å². The summed E-state index contributed by atoms with van der Waals surface area (Å²) < 4.78 is 91.2. The lowest BCUT2D eigenvalue weighted by atomic mass is 9.99. The molecule has 3 rings (SSSR count). The maximum Gasteiger partial charge on any atom is 0.294 e. The molecule has 6 nitrogen and oxygen atoms in total. The summed E-state index contributed by atoms with van der Waals surface area (Å²) in [7, 11) is -8.81. The number of halogens is 2. The highest BCUT2D eigenvalue weighted by Crippen LogP contribution is 2.31. The van der Waals surface area contributed by atoms with Crippen molar-refractivity contribution >= 4 is 20.2 Å². The minimum Gasteiger partial charge on any atom is -0.282 e. The molecular formula is C18H12F2O6S2. The summed E-state index contributed by atoms with van der Waals surface area (Å²) in [5.41, 5.74) is 0.129. The van der Waals surface area contributed by atoms with Crippen LogP contribution >= 0.6 is 0 Å². The molecule has 0 amide bonds. The van der Waals surface area contributed by atoms with Crippen LogP contribution in [0.1, 0.15) is 0 Å². The monoisotopic (exact) mass is 426 g/mol. The molecule has 146 valence electrons. The van der Waals surface area contributed by atoms with Crippen LogP contribution < -0.4 is 0 Å². The van der Waals surface area contributed by atoms with Gasteiger partial charge in [-0.15, -0.1) is 0 Å². The largest absolute Gasteiger partial charge is 0.294 e. The maximum atomic E-state index is 14.5. The van der Waals surface area contributed by atoms with Crippen LogP contribution in [0.25, 0.3) is 22.3 Å². The first-order valence-electron chi connectivity index (χ1n) is 7.62. The molecule has 10 heteroatoms. The van der Waals surface area contributed by atoms with Crippen molar-refractivity contribution in [3.8, 4) is 22.3 Å². The lowest BCUT2D eigenvalue weighted by Crippen LogP contribution is -1.98. The van der Waals surface area contributed by atoms with Crippen LogP contribution in [0.3, 0.4) is 0 Å². The number of hydrogen-bond acceptors (Lipinski definition) is 4. The van der Waals surface area contributed by atoms with Crippen molar-refractivity contribution in [3.05, 3.63) is 72.3 Å². The topological polar surface area (TPSA) is 109 Å². The fourth-order valence-corrected chi connectivity index (χ4v) is 3.56. The molecule has 28 heavy (non-hydrogen) atoms. The van der Waals surface area contributed by atoms with E-state index in [0.29, 0.717) is 0 Å². The Balaban J connectivity index is 2.02. The number of rotatable bonds is 4. The number of benzene rings is 3. The van der Waals surface area contributed by atoms with E-state index in [4.69, 9.17) is 9.11 Å². The highest BCUT2D eigenvalue weighted by molar-refractivity contribution is 7.86. The van der Waals surface area contributed by atoms with Gasteiger partial charge < -0.3 is 0 Å². The molecule has 0 radical (unpaired) electrons. The smallest absolute Gasteiger partial charge is 0.282 e. The lowest BCUT2D eigenvalue weighted by molar-refractivity contribution is 0.481. The van der Waals surface area contributed by atoms with Gasteiger partial charge in [-0.2, -0.15) is 16.8 Å². The summed E-state index contributed by atoms with van der Waals surface area (Å²) in [4.78, 5) is -0.764. The van der Waals surface area contributed by atoms with Gasteiger partial charge in [0.1, 0.15) is 11.6 Å². The van der Waals surface area contributed by atoms with E-state index in [-0.39, 0.29) is 32.0 Å². The molecule has 3 aromatic carbocycles. The summed E-state index contributed by atoms with van der Waals surface area (Å²) in [5.74, 6) is -1.59. The lowest BCUT2D eigenvalue weighted by Gasteiger charge is -2.10. The second-order valence-corrected chi connectivity index (χ2v) is 8.65. The molecule has 0 aliphatic carbocycles. The first-order valence-corrected chi connectivity index (χ1v) is 10.5. The molecule has 0 heterocycles. The van der Waals surface area contributed by atoms with Crippen LogP contribution in [0.4, 0.5) is 8.78 Å². The van der Waals surface area contributed by atoms with Gasteiger partial charge in [0.05, 0.1) is 9.79 Å². The Kier molecular flexibility index (Phi) is 5.06. The molecule has 0 unspecified atom stereocenters. The van der Waals surface area contributed by atoms with Crippen LogP contribution in [0.5, 0.6) is 0 Å². The predicted octanol–water partition coefficient (Wildman–Crippen LogP) is 3.79. The van der Waals surface area contributed by atoms with Crippen molar-refractivity contribution in [2.45, 2.75) is 9.79 Å². The molecule has 0 aliphatic rings. The third-order valence-electron chi connectivity index (χ3n) is 3.98. The Hall–Kier alpha value is -2.66. The zero-order valence-electron chi connectivity index (χ0n) is 13.9. The molecule has 0 saturated carbocycles. The van der Waals surface area contributed by atoms with E-state index in [2.05, 4.69) is 0 Å². The third kappa shape index (κ3) is 4.09. The van der Waals surface area contributed by atoms with Crippen molar-refractivity contribution in [2.24, 2.45) is 0 Å². The van der Waals surface area contributed by atoms with Crippen LogP contribution in [-0.4, -0.2) is 25.9 Å². The fourth-order valence-electron chi connectivity index (χ4n) is 2.60. The van der Waals surface area contributed by atoms with E-state index in [1.54, 1.807) is 0 Å². The summed E-state index contributed by atoms with van der Waals surface area (Å²) in [6, 6.07) is 11.0. The van der Waals surface area contributed by atoms with Crippen molar-refractivity contribution in [1.29, 1.82) is 0 Å². The first-order chi connectivity index (χ1) is 13.0. The molecule has 0 fully saturated rings. The van der Waals surface area contributed by atoms with Crippen molar-refractivity contribution in [1.82, 2.24) is 0 Å². The van der Waals surface area contributed by atoms with Crippen molar-refractivity contribution in [3.63, 3.8) is 0 Å². The standard InChI is InChI=1S/C18H12F2O6S2/c19-17-10-16(12-3-7-14(8-4-12)28(24,25)26)18(20)9-15(17)11-1-5-13(6-2-11)27(21,22)23/h1-10H,(H,21,22,23)(H,24,25,26). The SMILES string of the molecule is O=S(=O)(O)c1ccc(-c2cc(F)c(-c3ccc(S(=O)(=O)O)cc3)cc2F)cc1. The van der Waals surface area contributed by atoms with Gasteiger partial charge >= 0.3 is 0 Å². The zero-order chi connectivity index (χ0) is 20.7. The molecule has 0 spiro atoms. The van der Waals surface area contributed by atoms with Crippen LogP contribution in [0.15, 0.2) is 70.5 Å². The van der Waals surface area contributed by atoms with Crippen molar-refractivity contribution < 1.29 is 34.7 Å². The predicted molar refractivity (Wildman–Crippen MR) is 96.9 cm³/mol. The van der Waals surface area contributed by atoms with E-state index >= 15 is 0 Å². The van der Waals surface area contributed by atoms with E-state index in [1.807, 2.05) is 0 Å². The fraction of sp³-hybridized carbons (Fsp3) is 0. The normalized spacial score (nSPS) is 12.1. The summed E-state index contributed by atoms with van der Waals surface area (Å²) in [5, 5.41) is 0. The summed E-state index contributed by atoms with van der Waals surface area (Å²) in [6.45, 7) is 0. The Bertz CT molecular complexity index is 1150. The molecule has 2 N–H and O–H groups in total. The van der Waals surface area contributed by atoms with Gasteiger partial charge in [0.2, 0.25) is 0 Å². The zero-order valence-corrected chi connectivity index (χ0v) is 15.5. The maximum absolute atomic E-state index is 14.5. The van der Waals surface area contributed by atoms with Crippen LogP contribution in [-0.2, 0) is 20.2 Å². The van der Waals surface area contributed by atoms with Gasteiger partial charge in [0.25, 0.3) is 20.2 Å².